The average molecular weight is 342 g/mol. The molecule has 1 amide bonds. The summed E-state index contributed by atoms with van der Waals surface area (Å²) in [5.41, 5.74) is 0.902. The van der Waals surface area contributed by atoms with Gasteiger partial charge in [0.1, 0.15) is 0 Å². The van der Waals surface area contributed by atoms with Gasteiger partial charge in [0.15, 0.2) is 11.6 Å². The van der Waals surface area contributed by atoms with Gasteiger partial charge >= 0.3 is 0 Å². The summed E-state index contributed by atoms with van der Waals surface area (Å²) in [6, 6.07) is 6.66. The fourth-order valence-corrected chi connectivity index (χ4v) is 2.63. The Labute approximate surface area is 141 Å². The molecule has 0 radical (unpaired) electrons. The lowest BCUT2D eigenvalue weighted by atomic mass is 9.98. The summed E-state index contributed by atoms with van der Waals surface area (Å²) in [6.07, 6.45) is 3.27. The maximum absolute atomic E-state index is 13.2. The first kappa shape index (κ1) is 15.4. The van der Waals surface area contributed by atoms with Gasteiger partial charge in [-0.05, 0) is 30.3 Å². The highest BCUT2D eigenvalue weighted by Gasteiger charge is 2.36. The van der Waals surface area contributed by atoms with Crippen LogP contribution in [0.5, 0.6) is 0 Å². The van der Waals surface area contributed by atoms with Crippen molar-refractivity contribution in [1.29, 1.82) is 0 Å². The molecule has 0 spiro atoms. The first-order chi connectivity index (χ1) is 12.1. The molecule has 1 aliphatic rings. The fraction of sp³-hybridized carbons (Fsp3) is 0.176. The van der Waals surface area contributed by atoms with E-state index in [1.54, 1.807) is 24.5 Å². The van der Waals surface area contributed by atoms with E-state index in [9.17, 15) is 13.6 Å². The summed E-state index contributed by atoms with van der Waals surface area (Å²) >= 11 is 0. The molecule has 0 bridgehead atoms. The van der Waals surface area contributed by atoms with E-state index in [2.05, 4.69) is 15.1 Å². The van der Waals surface area contributed by atoms with Gasteiger partial charge in [0.2, 0.25) is 11.7 Å². The molecule has 1 fully saturated rings. The molecule has 0 N–H and O–H groups in total. The molecular weight excluding hydrogens is 330 g/mol. The smallest absolute Gasteiger partial charge is 0.254 e. The molecule has 0 unspecified atom stereocenters. The minimum Gasteiger partial charge on any atom is -0.339 e. The van der Waals surface area contributed by atoms with Crippen molar-refractivity contribution in [3.8, 4) is 11.4 Å². The zero-order valence-electron chi connectivity index (χ0n) is 12.9. The maximum atomic E-state index is 13.2. The Kier molecular flexibility index (Phi) is 3.72. The predicted molar refractivity (Wildman–Crippen MR) is 82.5 cm³/mol. The van der Waals surface area contributed by atoms with E-state index in [1.165, 1.54) is 11.0 Å². The molecule has 3 heterocycles. The van der Waals surface area contributed by atoms with E-state index in [4.69, 9.17) is 4.52 Å². The normalized spacial score (nSPS) is 14.4. The van der Waals surface area contributed by atoms with Gasteiger partial charge in [0, 0.05) is 36.6 Å². The number of halogens is 2. The second kappa shape index (κ2) is 6.04. The molecule has 3 aromatic rings. The van der Waals surface area contributed by atoms with Gasteiger partial charge in [-0.3, -0.25) is 9.78 Å². The summed E-state index contributed by atoms with van der Waals surface area (Å²) in [5.74, 6) is -1.54. The summed E-state index contributed by atoms with van der Waals surface area (Å²) in [4.78, 5) is 22.0. The van der Waals surface area contributed by atoms with Gasteiger partial charge in [0.05, 0.1) is 5.92 Å². The average Bonchev–Trinajstić information content (AvgIpc) is 3.06. The third-order valence-electron chi connectivity index (χ3n) is 4.06. The molecule has 126 valence electrons. The number of hydrogen-bond donors (Lipinski definition) is 0. The van der Waals surface area contributed by atoms with Crippen molar-refractivity contribution in [2.45, 2.75) is 5.92 Å². The molecule has 25 heavy (non-hydrogen) atoms. The van der Waals surface area contributed by atoms with Crippen LogP contribution in [0.2, 0.25) is 0 Å². The van der Waals surface area contributed by atoms with E-state index in [0.29, 0.717) is 24.8 Å². The minimum absolute atomic E-state index is 0.0719. The molecule has 0 atom stereocenters. The molecule has 1 aromatic carbocycles. The van der Waals surface area contributed by atoms with Crippen LogP contribution in [-0.4, -0.2) is 39.0 Å². The lowest BCUT2D eigenvalue weighted by Crippen LogP contribution is -2.48. The number of carbonyl (C=O) groups excluding carboxylic acids is 1. The molecule has 1 aliphatic heterocycles. The number of nitrogens with zero attached hydrogens (tertiary/aromatic N) is 4. The van der Waals surface area contributed by atoms with Crippen molar-refractivity contribution in [2.24, 2.45) is 0 Å². The highest BCUT2D eigenvalue weighted by molar-refractivity contribution is 5.94. The van der Waals surface area contributed by atoms with Crippen molar-refractivity contribution >= 4 is 5.91 Å². The van der Waals surface area contributed by atoms with Crippen molar-refractivity contribution in [3.05, 3.63) is 65.8 Å². The van der Waals surface area contributed by atoms with Gasteiger partial charge in [-0.25, -0.2) is 8.78 Å². The summed E-state index contributed by atoms with van der Waals surface area (Å²) in [5, 5.41) is 3.93. The number of amides is 1. The predicted octanol–water partition coefficient (Wildman–Crippen LogP) is 2.65. The Morgan fingerprint density at radius 1 is 1.12 bits per heavy atom. The van der Waals surface area contributed by atoms with Crippen LogP contribution in [0.1, 0.15) is 22.2 Å². The third kappa shape index (κ3) is 2.86. The van der Waals surface area contributed by atoms with Crippen LogP contribution in [0.3, 0.4) is 0 Å². The van der Waals surface area contributed by atoms with Crippen LogP contribution < -0.4 is 0 Å². The molecule has 0 aliphatic carbocycles. The van der Waals surface area contributed by atoms with Gasteiger partial charge in [-0.2, -0.15) is 4.98 Å². The lowest BCUT2D eigenvalue weighted by Gasteiger charge is -2.37. The number of likely N-dealkylation sites (tertiary alicyclic amines) is 1. The molecule has 8 heteroatoms. The Hall–Kier alpha value is -3.16. The van der Waals surface area contributed by atoms with Crippen molar-refractivity contribution < 1.29 is 18.1 Å². The Morgan fingerprint density at radius 2 is 1.88 bits per heavy atom. The van der Waals surface area contributed by atoms with Gasteiger partial charge < -0.3 is 9.42 Å². The van der Waals surface area contributed by atoms with Crippen LogP contribution in [0, 0.1) is 11.6 Å². The van der Waals surface area contributed by atoms with Crippen LogP contribution >= 0.6 is 0 Å². The molecule has 1 saturated heterocycles. The van der Waals surface area contributed by atoms with Gasteiger partial charge in [-0.1, -0.05) is 5.16 Å². The largest absolute Gasteiger partial charge is 0.339 e. The quantitative estimate of drug-likeness (QED) is 0.732. The van der Waals surface area contributed by atoms with E-state index in [1.807, 2.05) is 0 Å². The number of carbonyl (C=O) groups is 1. The van der Waals surface area contributed by atoms with E-state index in [0.717, 1.165) is 17.7 Å². The monoisotopic (exact) mass is 342 g/mol. The Bertz CT molecular complexity index is 923. The second-order valence-electron chi connectivity index (χ2n) is 5.73. The lowest BCUT2D eigenvalue weighted by molar-refractivity contribution is 0.0568. The number of hydrogen-bond acceptors (Lipinski definition) is 5. The van der Waals surface area contributed by atoms with Crippen LogP contribution in [0.25, 0.3) is 11.4 Å². The topological polar surface area (TPSA) is 72.1 Å². The van der Waals surface area contributed by atoms with Crippen LogP contribution in [0.15, 0.2) is 47.2 Å². The van der Waals surface area contributed by atoms with Crippen LogP contribution in [0.4, 0.5) is 8.78 Å². The molecule has 0 saturated carbocycles. The van der Waals surface area contributed by atoms with Gasteiger partial charge in [0.25, 0.3) is 5.91 Å². The molecular formula is C17H12F2N4O2. The molecule has 6 nitrogen and oxygen atoms in total. The van der Waals surface area contributed by atoms with E-state index in [-0.39, 0.29) is 17.4 Å². The highest BCUT2D eigenvalue weighted by Crippen LogP contribution is 2.28. The zero-order valence-corrected chi connectivity index (χ0v) is 12.9. The number of rotatable bonds is 3. The van der Waals surface area contributed by atoms with Crippen molar-refractivity contribution in [2.75, 3.05) is 13.1 Å². The zero-order chi connectivity index (χ0) is 17.4. The fourth-order valence-electron chi connectivity index (χ4n) is 2.63. The minimum atomic E-state index is -1.04. The molecule has 4 rings (SSSR count). The van der Waals surface area contributed by atoms with E-state index < -0.39 is 11.6 Å². The number of benzene rings is 1. The number of aromatic nitrogens is 3. The summed E-state index contributed by atoms with van der Waals surface area (Å²) in [6.45, 7) is 0.769. The SMILES string of the molecule is O=C(c1ccc(F)c(F)c1)N1CC(c2nc(-c3ccncc3)no2)C1. The van der Waals surface area contributed by atoms with Crippen molar-refractivity contribution in [1.82, 2.24) is 20.0 Å². The van der Waals surface area contributed by atoms with Crippen LogP contribution in [-0.2, 0) is 0 Å². The van der Waals surface area contributed by atoms with Crippen molar-refractivity contribution in [3.63, 3.8) is 0 Å². The molecule has 2 aromatic heterocycles. The van der Waals surface area contributed by atoms with E-state index >= 15 is 0 Å². The Balaban J connectivity index is 1.43. The second-order valence-corrected chi connectivity index (χ2v) is 5.73. The maximum Gasteiger partial charge on any atom is 0.254 e. The Morgan fingerprint density at radius 3 is 2.60 bits per heavy atom. The summed E-state index contributed by atoms with van der Waals surface area (Å²) < 4.78 is 31.5. The standard InChI is InChI=1S/C17H12F2N4O2/c18-13-2-1-11(7-14(13)19)17(24)23-8-12(9-23)16-21-15(22-25-16)10-3-5-20-6-4-10/h1-7,12H,8-9H2. The summed E-state index contributed by atoms with van der Waals surface area (Å²) in [7, 11) is 0. The number of pyridine rings is 1. The third-order valence-corrected chi connectivity index (χ3v) is 4.06. The van der Waals surface area contributed by atoms with Gasteiger partial charge in [-0.15, -0.1) is 0 Å². The highest BCUT2D eigenvalue weighted by atomic mass is 19.2. The first-order valence-electron chi connectivity index (χ1n) is 7.60. The first-order valence-corrected chi connectivity index (χ1v) is 7.60.